The van der Waals surface area contributed by atoms with E-state index in [-0.39, 0.29) is 24.0 Å². The van der Waals surface area contributed by atoms with Crippen molar-refractivity contribution in [3.63, 3.8) is 0 Å². The van der Waals surface area contributed by atoms with Gasteiger partial charge in [0.2, 0.25) is 0 Å². The highest BCUT2D eigenvalue weighted by Crippen LogP contribution is 2.09. The predicted octanol–water partition coefficient (Wildman–Crippen LogP) is 2.90. The van der Waals surface area contributed by atoms with Gasteiger partial charge in [-0.3, -0.25) is 4.99 Å². The highest BCUT2D eigenvalue weighted by molar-refractivity contribution is 14.0. The number of nitrogens with one attached hydrogen (secondary N) is 2. The van der Waals surface area contributed by atoms with Crippen LogP contribution in [-0.2, 0) is 11.3 Å². The van der Waals surface area contributed by atoms with Gasteiger partial charge in [-0.1, -0.05) is 13.8 Å². The second-order valence-corrected chi connectivity index (χ2v) is 5.87. The Morgan fingerprint density at radius 1 is 1.29 bits per heavy atom. The molecule has 0 fully saturated rings. The molecule has 24 heavy (non-hydrogen) atoms. The molecular formula is C17H34IN5O. The molecule has 1 rings (SSSR count). The fourth-order valence-corrected chi connectivity index (χ4v) is 2.36. The summed E-state index contributed by atoms with van der Waals surface area (Å²) in [6.45, 7) is 12.8. The van der Waals surface area contributed by atoms with Crippen molar-refractivity contribution in [2.24, 2.45) is 10.9 Å². The van der Waals surface area contributed by atoms with Crippen LogP contribution in [0.25, 0.3) is 0 Å². The quantitative estimate of drug-likeness (QED) is 0.235. The molecule has 140 valence electrons. The molecule has 1 atom stereocenters. The third-order valence-corrected chi connectivity index (χ3v) is 3.59. The van der Waals surface area contributed by atoms with Crippen LogP contribution in [0.4, 0.5) is 0 Å². The molecule has 0 saturated carbocycles. The molecule has 1 heterocycles. The molecule has 1 aromatic rings. The minimum Gasteiger partial charge on any atom is -0.378 e. The van der Waals surface area contributed by atoms with E-state index in [4.69, 9.17) is 4.74 Å². The minimum absolute atomic E-state index is 0. The number of aliphatic imine (C=N–C) groups is 1. The van der Waals surface area contributed by atoms with Crippen LogP contribution in [0.15, 0.2) is 23.7 Å². The maximum absolute atomic E-state index is 5.78. The van der Waals surface area contributed by atoms with Gasteiger partial charge in [-0.2, -0.15) is 0 Å². The summed E-state index contributed by atoms with van der Waals surface area (Å²) in [5.74, 6) is 1.42. The smallest absolute Gasteiger partial charge is 0.191 e. The summed E-state index contributed by atoms with van der Waals surface area (Å²) in [7, 11) is 0. The number of hydrogen-bond donors (Lipinski definition) is 2. The van der Waals surface area contributed by atoms with E-state index in [0.717, 1.165) is 51.6 Å². The van der Waals surface area contributed by atoms with Crippen LogP contribution >= 0.6 is 24.0 Å². The van der Waals surface area contributed by atoms with Gasteiger partial charge in [0.15, 0.2) is 5.96 Å². The van der Waals surface area contributed by atoms with Gasteiger partial charge in [-0.25, -0.2) is 4.98 Å². The van der Waals surface area contributed by atoms with E-state index in [0.29, 0.717) is 12.0 Å². The van der Waals surface area contributed by atoms with Crippen molar-refractivity contribution in [1.29, 1.82) is 0 Å². The predicted molar refractivity (Wildman–Crippen MR) is 111 cm³/mol. The Morgan fingerprint density at radius 3 is 2.67 bits per heavy atom. The first-order chi connectivity index (χ1) is 11.2. The molecule has 0 aliphatic carbocycles. The fraction of sp³-hybridized carbons (Fsp3) is 0.765. The SMILES string of the molecule is CCNC(=NCCCn1ccnc1)NCCC(OCC)C(C)C.I. The van der Waals surface area contributed by atoms with Crippen LogP contribution in [0.5, 0.6) is 0 Å². The lowest BCUT2D eigenvalue weighted by atomic mass is 10.0. The summed E-state index contributed by atoms with van der Waals surface area (Å²) in [6.07, 6.45) is 7.92. The van der Waals surface area contributed by atoms with Gasteiger partial charge in [0, 0.05) is 45.2 Å². The molecular weight excluding hydrogens is 417 g/mol. The van der Waals surface area contributed by atoms with Gasteiger partial charge in [0.25, 0.3) is 0 Å². The maximum Gasteiger partial charge on any atom is 0.191 e. The van der Waals surface area contributed by atoms with Crippen molar-refractivity contribution in [1.82, 2.24) is 20.2 Å². The number of rotatable bonds is 11. The van der Waals surface area contributed by atoms with E-state index in [1.807, 2.05) is 12.5 Å². The molecule has 7 heteroatoms. The summed E-state index contributed by atoms with van der Waals surface area (Å²) in [4.78, 5) is 8.66. The van der Waals surface area contributed by atoms with Crippen molar-refractivity contribution < 1.29 is 4.74 Å². The number of halogens is 1. The topological polar surface area (TPSA) is 63.5 Å². The monoisotopic (exact) mass is 451 g/mol. The second-order valence-electron chi connectivity index (χ2n) is 5.87. The fourth-order valence-electron chi connectivity index (χ4n) is 2.36. The first-order valence-corrected chi connectivity index (χ1v) is 8.76. The second kappa shape index (κ2) is 14.5. The first kappa shape index (κ1) is 23.2. The zero-order valence-corrected chi connectivity index (χ0v) is 17.8. The van der Waals surface area contributed by atoms with Crippen LogP contribution in [0.1, 0.15) is 40.5 Å². The molecule has 0 aliphatic rings. The highest BCUT2D eigenvalue weighted by atomic mass is 127. The highest BCUT2D eigenvalue weighted by Gasteiger charge is 2.12. The van der Waals surface area contributed by atoms with Crippen LogP contribution < -0.4 is 10.6 Å². The Morgan fingerprint density at radius 2 is 2.08 bits per heavy atom. The standard InChI is InChI=1S/C17H33N5O.HI/c1-5-19-17(20-9-7-12-22-13-11-18-14-22)21-10-8-16(15(3)4)23-6-2;/h11,13-16H,5-10,12H2,1-4H3,(H2,19,20,21);1H. The first-order valence-electron chi connectivity index (χ1n) is 8.76. The van der Waals surface area contributed by atoms with E-state index in [2.05, 4.69) is 52.9 Å². The number of nitrogens with zero attached hydrogens (tertiary/aromatic N) is 3. The van der Waals surface area contributed by atoms with E-state index in [1.165, 1.54) is 0 Å². The van der Waals surface area contributed by atoms with E-state index >= 15 is 0 Å². The summed E-state index contributed by atoms with van der Waals surface area (Å²) >= 11 is 0. The third kappa shape index (κ3) is 10.1. The van der Waals surface area contributed by atoms with Crippen LogP contribution in [0.3, 0.4) is 0 Å². The molecule has 0 spiro atoms. The lowest BCUT2D eigenvalue weighted by Crippen LogP contribution is -2.39. The molecule has 1 unspecified atom stereocenters. The van der Waals surface area contributed by atoms with Gasteiger partial charge in [0.1, 0.15) is 0 Å². The number of ether oxygens (including phenoxy) is 1. The zero-order chi connectivity index (χ0) is 16.9. The summed E-state index contributed by atoms with van der Waals surface area (Å²) in [6, 6.07) is 0. The van der Waals surface area contributed by atoms with E-state index in [9.17, 15) is 0 Å². The van der Waals surface area contributed by atoms with Crippen molar-refractivity contribution in [2.45, 2.75) is 53.2 Å². The summed E-state index contributed by atoms with van der Waals surface area (Å²) in [5, 5.41) is 6.69. The molecule has 6 nitrogen and oxygen atoms in total. The van der Waals surface area contributed by atoms with Crippen molar-refractivity contribution in [2.75, 3.05) is 26.2 Å². The number of aryl methyl sites for hydroxylation is 1. The molecule has 0 amide bonds. The lowest BCUT2D eigenvalue weighted by Gasteiger charge is -2.21. The normalized spacial score (nSPS) is 12.8. The Bertz CT molecular complexity index is 423. The van der Waals surface area contributed by atoms with Crippen LogP contribution in [0.2, 0.25) is 0 Å². The molecule has 1 aromatic heterocycles. The van der Waals surface area contributed by atoms with Crippen LogP contribution in [0, 0.1) is 5.92 Å². The number of guanidine groups is 1. The largest absolute Gasteiger partial charge is 0.378 e. The summed E-state index contributed by atoms with van der Waals surface area (Å²) in [5.41, 5.74) is 0. The Labute approximate surface area is 163 Å². The van der Waals surface area contributed by atoms with Gasteiger partial charge < -0.3 is 19.9 Å². The van der Waals surface area contributed by atoms with Gasteiger partial charge >= 0.3 is 0 Å². The number of imidazole rings is 1. The van der Waals surface area contributed by atoms with Gasteiger partial charge in [-0.05, 0) is 32.6 Å². The van der Waals surface area contributed by atoms with E-state index in [1.54, 1.807) is 6.20 Å². The Kier molecular flexibility index (Phi) is 14.0. The zero-order valence-electron chi connectivity index (χ0n) is 15.5. The summed E-state index contributed by atoms with van der Waals surface area (Å²) < 4.78 is 7.85. The molecule has 0 saturated heterocycles. The van der Waals surface area contributed by atoms with Crippen molar-refractivity contribution in [3.8, 4) is 0 Å². The van der Waals surface area contributed by atoms with Crippen LogP contribution in [-0.4, -0.2) is 47.9 Å². The number of hydrogen-bond acceptors (Lipinski definition) is 3. The van der Waals surface area contributed by atoms with Gasteiger partial charge in [-0.15, -0.1) is 24.0 Å². The molecule has 0 aliphatic heterocycles. The molecule has 2 N–H and O–H groups in total. The Balaban J connectivity index is 0.00000529. The average molecular weight is 451 g/mol. The third-order valence-electron chi connectivity index (χ3n) is 3.59. The minimum atomic E-state index is 0. The lowest BCUT2D eigenvalue weighted by molar-refractivity contribution is 0.0258. The Hall–Kier alpha value is -0.830. The van der Waals surface area contributed by atoms with Gasteiger partial charge in [0.05, 0.1) is 12.4 Å². The maximum atomic E-state index is 5.78. The molecule has 0 bridgehead atoms. The molecule has 0 radical (unpaired) electrons. The molecule has 0 aromatic carbocycles. The van der Waals surface area contributed by atoms with E-state index < -0.39 is 0 Å². The van der Waals surface area contributed by atoms with Crippen molar-refractivity contribution >= 4 is 29.9 Å². The number of aromatic nitrogens is 2. The average Bonchev–Trinajstić information content (AvgIpc) is 3.03. The van der Waals surface area contributed by atoms with Crippen molar-refractivity contribution in [3.05, 3.63) is 18.7 Å².